The number of carbonyl (C=O) groups is 1. The zero-order valence-corrected chi connectivity index (χ0v) is 30.9. The van der Waals surface area contributed by atoms with Gasteiger partial charge in [-0.2, -0.15) is 0 Å². The molecule has 47 heavy (non-hydrogen) atoms. The van der Waals surface area contributed by atoms with Crippen LogP contribution in [0.15, 0.2) is 83.0 Å². The van der Waals surface area contributed by atoms with E-state index >= 15 is 0 Å². The van der Waals surface area contributed by atoms with Crippen molar-refractivity contribution in [2.45, 2.75) is 26.5 Å². The number of nitro benzene ring substituents is 1. The zero-order valence-electron chi connectivity index (χ0n) is 25.3. The van der Waals surface area contributed by atoms with E-state index in [2.05, 4.69) is 52.8 Å². The van der Waals surface area contributed by atoms with Crippen molar-refractivity contribution in [3.8, 4) is 17.2 Å². The molecule has 1 aliphatic rings. The lowest BCUT2D eigenvalue weighted by molar-refractivity contribution is -0.384. The number of hydrogen-bond donors (Lipinski definition) is 0. The Balaban J connectivity index is 1.66. The third-order valence-electron chi connectivity index (χ3n) is 7.17. The predicted molar refractivity (Wildman–Crippen MR) is 187 cm³/mol. The lowest BCUT2D eigenvalue weighted by atomic mass is 9.95. The van der Waals surface area contributed by atoms with Crippen LogP contribution in [0.2, 0.25) is 0 Å². The van der Waals surface area contributed by atoms with E-state index in [0.29, 0.717) is 52.4 Å². The molecule has 4 aromatic rings. The van der Waals surface area contributed by atoms with E-state index in [4.69, 9.17) is 18.9 Å². The number of fused-ring (bicyclic) bond motifs is 1. The molecule has 244 valence electrons. The van der Waals surface area contributed by atoms with E-state index in [9.17, 15) is 19.7 Å². The Bertz CT molecular complexity index is 2110. The molecule has 0 unspecified atom stereocenters. The number of halogens is 3. The number of methoxy groups -OCH3 is 2. The van der Waals surface area contributed by atoms with E-state index in [1.165, 1.54) is 42.3 Å². The van der Waals surface area contributed by atoms with Crippen LogP contribution in [0.3, 0.4) is 0 Å². The molecule has 1 aromatic heterocycles. The second-order valence-corrected chi connectivity index (χ2v) is 13.7. The van der Waals surface area contributed by atoms with Crippen LogP contribution in [-0.4, -0.2) is 36.3 Å². The summed E-state index contributed by atoms with van der Waals surface area (Å²) in [5.41, 5.74) is 2.12. The molecule has 3 aromatic carbocycles. The minimum Gasteiger partial charge on any atom is -0.493 e. The fourth-order valence-corrected chi connectivity index (χ4v) is 7.97. The number of carbonyl (C=O) groups excluding carboxylic acids is 1. The first-order valence-electron chi connectivity index (χ1n) is 13.9. The number of ether oxygens (including phenoxy) is 4. The summed E-state index contributed by atoms with van der Waals surface area (Å²) < 4.78 is 26.4. The van der Waals surface area contributed by atoms with Gasteiger partial charge in [-0.1, -0.05) is 43.2 Å². The van der Waals surface area contributed by atoms with Crippen molar-refractivity contribution in [2.75, 3.05) is 20.8 Å². The molecule has 1 atom stereocenters. The molecule has 15 heteroatoms. The van der Waals surface area contributed by atoms with E-state index in [1.54, 1.807) is 44.2 Å². The number of thiazole rings is 1. The van der Waals surface area contributed by atoms with Gasteiger partial charge in [0.2, 0.25) is 0 Å². The van der Waals surface area contributed by atoms with E-state index in [0.717, 1.165) is 10.0 Å². The molecular formula is C32H26Br3N3O8S. The fourth-order valence-electron chi connectivity index (χ4n) is 5.02. The van der Waals surface area contributed by atoms with Gasteiger partial charge in [0.05, 0.1) is 52.1 Å². The first kappa shape index (κ1) is 34.5. The lowest BCUT2D eigenvalue weighted by Gasteiger charge is -2.26. The highest BCUT2D eigenvalue weighted by molar-refractivity contribution is 9.11. The molecule has 0 radical (unpaired) electrons. The van der Waals surface area contributed by atoms with Gasteiger partial charge in [0.15, 0.2) is 16.3 Å². The van der Waals surface area contributed by atoms with Crippen LogP contribution >= 0.6 is 59.1 Å². The van der Waals surface area contributed by atoms with Gasteiger partial charge in [0, 0.05) is 26.6 Å². The van der Waals surface area contributed by atoms with Crippen LogP contribution in [0, 0.1) is 10.1 Å². The van der Waals surface area contributed by atoms with Crippen molar-refractivity contribution in [1.82, 2.24) is 4.57 Å². The Morgan fingerprint density at radius 2 is 1.74 bits per heavy atom. The Labute approximate surface area is 297 Å². The number of nitrogens with zero attached hydrogens (tertiary/aromatic N) is 3. The fraction of sp³-hybridized carbons (Fsp3) is 0.219. The average Bonchev–Trinajstić information content (AvgIpc) is 3.33. The largest absolute Gasteiger partial charge is 0.493 e. The summed E-state index contributed by atoms with van der Waals surface area (Å²) in [6, 6.07) is 12.2. The quantitative estimate of drug-likeness (QED) is 0.0993. The van der Waals surface area contributed by atoms with Gasteiger partial charge >= 0.3 is 5.97 Å². The van der Waals surface area contributed by atoms with Crippen LogP contribution in [-0.2, 0) is 16.1 Å². The molecular weight excluding hydrogens is 826 g/mol. The van der Waals surface area contributed by atoms with E-state index in [1.807, 2.05) is 12.1 Å². The Morgan fingerprint density at radius 1 is 1.06 bits per heavy atom. The number of non-ortho nitro benzene ring substituents is 1. The average molecular weight is 852 g/mol. The minimum atomic E-state index is -0.895. The molecule has 11 nitrogen and oxygen atoms in total. The Morgan fingerprint density at radius 3 is 2.38 bits per heavy atom. The molecule has 1 aliphatic heterocycles. The normalized spacial score (nSPS) is 14.4. The molecule has 0 aliphatic carbocycles. The number of esters is 1. The number of hydrogen-bond acceptors (Lipinski definition) is 10. The van der Waals surface area contributed by atoms with Crippen molar-refractivity contribution < 1.29 is 28.7 Å². The van der Waals surface area contributed by atoms with Crippen LogP contribution in [0.5, 0.6) is 17.2 Å². The maximum Gasteiger partial charge on any atom is 0.338 e. The van der Waals surface area contributed by atoms with Crippen molar-refractivity contribution in [2.24, 2.45) is 4.99 Å². The lowest BCUT2D eigenvalue weighted by Crippen LogP contribution is -2.40. The smallest absolute Gasteiger partial charge is 0.338 e. The van der Waals surface area contributed by atoms with Gasteiger partial charge in [-0.3, -0.25) is 19.5 Å². The molecule has 0 fully saturated rings. The maximum atomic E-state index is 14.3. The second-order valence-electron chi connectivity index (χ2n) is 10.0. The van der Waals surface area contributed by atoms with Crippen LogP contribution in [0.4, 0.5) is 5.69 Å². The zero-order chi connectivity index (χ0) is 34.0. The first-order chi connectivity index (χ1) is 22.5. The molecule has 0 amide bonds. The Hall–Kier alpha value is -3.79. The molecule has 5 rings (SSSR count). The molecule has 0 N–H and O–H groups in total. The number of nitro groups is 1. The van der Waals surface area contributed by atoms with Gasteiger partial charge in [-0.25, -0.2) is 9.79 Å². The highest BCUT2D eigenvalue weighted by atomic mass is 79.9. The predicted octanol–water partition coefficient (Wildman–Crippen LogP) is 6.59. The summed E-state index contributed by atoms with van der Waals surface area (Å²) in [5.74, 6) is 0.752. The molecule has 0 bridgehead atoms. The Kier molecular flexibility index (Phi) is 10.7. The van der Waals surface area contributed by atoms with Gasteiger partial charge in [-0.05, 0) is 83.4 Å². The van der Waals surface area contributed by atoms with Crippen molar-refractivity contribution in [3.05, 3.63) is 120 Å². The monoisotopic (exact) mass is 849 g/mol. The van der Waals surface area contributed by atoms with E-state index in [-0.39, 0.29) is 30.0 Å². The first-order valence-corrected chi connectivity index (χ1v) is 17.1. The summed E-state index contributed by atoms with van der Waals surface area (Å²) in [5, 5.41) is 11.0. The standard InChI is InChI=1S/C32H26Br3N3O8S/c1-5-45-31(40)27-16(2)36-32-37(28(27)21-13-24(43-3)25(44-4)14-22(21)34)30(39)26(47-32)11-18-10-19(33)12-23(35)29(18)46-15-17-6-8-20(9-7-17)38(41)42/h6-14,28H,5,15H2,1-4H3/b26-11-/t28-/m0/s1. The van der Waals surface area contributed by atoms with Gasteiger partial charge in [0.25, 0.3) is 11.2 Å². The van der Waals surface area contributed by atoms with Crippen LogP contribution in [0.1, 0.15) is 36.6 Å². The summed E-state index contributed by atoms with van der Waals surface area (Å²) in [7, 11) is 3.02. The molecule has 0 saturated heterocycles. The van der Waals surface area contributed by atoms with Gasteiger partial charge in [-0.15, -0.1) is 0 Å². The highest BCUT2D eigenvalue weighted by Gasteiger charge is 2.35. The van der Waals surface area contributed by atoms with E-state index < -0.39 is 16.9 Å². The summed E-state index contributed by atoms with van der Waals surface area (Å²) in [6.07, 6.45) is 1.70. The van der Waals surface area contributed by atoms with Crippen LogP contribution in [0.25, 0.3) is 6.08 Å². The third-order valence-corrected chi connectivity index (χ3v) is 9.89. The molecule has 0 saturated carbocycles. The van der Waals surface area contributed by atoms with Gasteiger partial charge < -0.3 is 18.9 Å². The van der Waals surface area contributed by atoms with Crippen molar-refractivity contribution >= 4 is 76.9 Å². The molecule has 2 heterocycles. The highest BCUT2D eigenvalue weighted by Crippen LogP contribution is 2.41. The number of benzene rings is 3. The summed E-state index contributed by atoms with van der Waals surface area (Å²) >= 11 is 11.9. The maximum absolute atomic E-state index is 14.3. The van der Waals surface area contributed by atoms with Gasteiger partial charge in [0.1, 0.15) is 12.4 Å². The second kappa shape index (κ2) is 14.5. The summed E-state index contributed by atoms with van der Waals surface area (Å²) in [4.78, 5) is 43.3. The SMILES string of the molecule is CCOC(=O)C1=C(C)N=c2s/c(=C\c3cc(Br)cc(Br)c3OCc3ccc([N+](=O)[O-])cc3)c(=O)n2[C@H]1c1cc(OC)c(OC)cc1Br. The molecule has 0 spiro atoms. The van der Waals surface area contributed by atoms with Crippen LogP contribution < -0.4 is 29.1 Å². The minimum absolute atomic E-state index is 0.0191. The summed E-state index contributed by atoms with van der Waals surface area (Å²) in [6.45, 7) is 3.68. The van der Waals surface area contributed by atoms with Crippen molar-refractivity contribution in [1.29, 1.82) is 0 Å². The van der Waals surface area contributed by atoms with Crippen molar-refractivity contribution in [3.63, 3.8) is 0 Å². The third kappa shape index (κ3) is 7.08. The number of aromatic nitrogens is 1. The topological polar surface area (TPSA) is 131 Å². The number of allylic oxidation sites excluding steroid dienone is 1. The number of rotatable bonds is 10.